The van der Waals surface area contributed by atoms with E-state index in [0.717, 1.165) is 30.1 Å². The van der Waals surface area contributed by atoms with Gasteiger partial charge in [-0.2, -0.15) is 5.10 Å². The van der Waals surface area contributed by atoms with Crippen molar-refractivity contribution in [1.29, 1.82) is 0 Å². The Morgan fingerprint density at radius 3 is 2.46 bits per heavy atom. The molecule has 0 bridgehead atoms. The Bertz CT molecular complexity index is 626. The first kappa shape index (κ1) is 20.5. The first-order valence-corrected chi connectivity index (χ1v) is 10.5. The Morgan fingerprint density at radius 1 is 1.12 bits per heavy atom. The van der Waals surface area contributed by atoms with Gasteiger partial charge < -0.3 is 10.1 Å². The Hall–Kier alpha value is -1.82. The molecule has 1 fully saturated rings. The summed E-state index contributed by atoms with van der Waals surface area (Å²) in [5.74, 6) is 1.28. The van der Waals surface area contributed by atoms with E-state index in [4.69, 9.17) is 4.74 Å². The molecule has 0 spiro atoms. The molecule has 1 amide bonds. The number of amides is 1. The van der Waals surface area contributed by atoms with Gasteiger partial charge >= 0.3 is 0 Å². The van der Waals surface area contributed by atoms with Crippen molar-refractivity contribution in [2.75, 3.05) is 12.4 Å². The summed E-state index contributed by atoms with van der Waals surface area (Å²) in [5.41, 5.74) is 1.80. The number of carbonyl (C=O) groups excluding carboxylic acids is 1. The number of rotatable bonds is 11. The van der Waals surface area contributed by atoms with Crippen molar-refractivity contribution >= 4 is 28.5 Å². The average molecular weight is 376 g/mol. The van der Waals surface area contributed by atoms with Crippen LogP contribution < -0.4 is 10.1 Å². The molecule has 0 atom stereocenters. The summed E-state index contributed by atoms with van der Waals surface area (Å²) in [6.45, 7) is 4.92. The van der Waals surface area contributed by atoms with Crippen molar-refractivity contribution in [1.82, 2.24) is 5.32 Å². The molecule has 0 aliphatic carbocycles. The lowest BCUT2D eigenvalue weighted by molar-refractivity contribution is -0.116. The molecule has 1 aliphatic heterocycles. The lowest BCUT2D eigenvalue weighted by Gasteiger charge is -2.07. The van der Waals surface area contributed by atoms with Crippen LogP contribution in [0.15, 0.2) is 34.5 Å². The molecule has 5 nitrogen and oxygen atoms in total. The second-order valence-corrected chi connectivity index (χ2v) is 7.39. The van der Waals surface area contributed by atoms with Gasteiger partial charge in [0.15, 0.2) is 5.17 Å². The summed E-state index contributed by atoms with van der Waals surface area (Å²) in [6.07, 6.45) is 9.00. The standard InChI is InChI=1S/C20H29N3O2S/c1-3-4-5-6-7-8-9-14-25-18-12-10-17(11-13-18)16(2)22-23-20-21-19(24)15-26-20/h10-13H,3-9,14-15H2,1-2H3,(H,21,23,24). The van der Waals surface area contributed by atoms with Crippen LogP contribution in [0.1, 0.15) is 64.4 Å². The molecule has 0 unspecified atom stereocenters. The highest BCUT2D eigenvalue weighted by Gasteiger charge is 2.16. The van der Waals surface area contributed by atoms with Crippen molar-refractivity contribution < 1.29 is 9.53 Å². The summed E-state index contributed by atoms with van der Waals surface area (Å²) in [5, 5.41) is 11.5. The highest BCUT2D eigenvalue weighted by atomic mass is 32.2. The molecule has 0 radical (unpaired) electrons. The predicted molar refractivity (Wildman–Crippen MR) is 110 cm³/mol. The third kappa shape index (κ3) is 7.60. The van der Waals surface area contributed by atoms with Gasteiger partial charge in [-0.05, 0) is 43.2 Å². The fourth-order valence-corrected chi connectivity index (χ4v) is 3.22. The van der Waals surface area contributed by atoms with Crippen molar-refractivity contribution in [2.24, 2.45) is 10.2 Å². The van der Waals surface area contributed by atoms with Crippen LogP contribution in [0.4, 0.5) is 0 Å². The Balaban J connectivity index is 1.69. The van der Waals surface area contributed by atoms with E-state index in [1.165, 1.54) is 50.3 Å². The molecule has 26 heavy (non-hydrogen) atoms. The molecule has 1 aromatic rings. The van der Waals surface area contributed by atoms with Crippen LogP contribution in [-0.4, -0.2) is 29.1 Å². The number of thioether (sulfide) groups is 1. The minimum atomic E-state index is -0.0240. The molecule has 1 aliphatic rings. The molecular weight excluding hydrogens is 346 g/mol. The van der Waals surface area contributed by atoms with Crippen molar-refractivity contribution in [3.63, 3.8) is 0 Å². The minimum absolute atomic E-state index is 0.0240. The molecular formula is C20H29N3O2S. The average Bonchev–Trinajstić information content (AvgIpc) is 3.08. The van der Waals surface area contributed by atoms with Gasteiger partial charge in [-0.1, -0.05) is 57.2 Å². The largest absolute Gasteiger partial charge is 0.494 e. The molecule has 1 saturated heterocycles. The van der Waals surface area contributed by atoms with Crippen LogP contribution in [0.5, 0.6) is 5.75 Å². The topological polar surface area (TPSA) is 63.1 Å². The third-order valence-corrected chi connectivity index (χ3v) is 5.03. The van der Waals surface area contributed by atoms with Crippen molar-refractivity contribution in [2.45, 2.75) is 58.8 Å². The van der Waals surface area contributed by atoms with Gasteiger partial charge in [-0.3, -0.25) is 4.79 Å². The Morgan fingerprint density at radius 2 is 1.81 bits per heavy atom. The zero-order chi connectivity index (χ0) is 18.6. The molecule has 1 N–H and O–H groups in total. The second kappa shape index (κ2) is 11.7. The quantitative estimate of drug-likeness (QED) is 0.344. The summed E-state index contributed by atoms with van der Waals surface area (Å²) >= 11 is 1.37. The number of hydrogen-bond donors (Lipinski definition) is 1. The zero-order valence-electron chi connectivity index (χ0n) is 15.8. The van der Waals surface area contributed by atoms with E-state index in [1.54, 1.807) is 0 Å². The van der Waals surface area contributed by atoms with Gasteiger partial charge in [-0.25, -0.2) is 0 Å². The van der Waals surface area contributed by atoms with E-state index in [0.29, 0.717) is 10.9 Å². The molecule has 0 aromatic heterocycles. The highest BCUT2D eigenvalue weighted by Crippen LogP contribution is 2.15. The fraction of sp³-hybridized carbons (Fsp3) is 0.550. The maximum Gasteiger partial charge on any atom is 0.236 e. The molecule has 6 heteroatoms. The van der Waals surface area contributed by atoms with E-state index < -0.39 is 0 Å². The molecule has 1 aromatic carbocycles. The number of benzene rings is 1. The fourth-order valence-electron chi connectivity index (χ4n) is 2.60. The second-order valence-electron chi connectivity index (χ2n) is 6.42. The number of amidine groups is 1. The number of ether oxygens (including phenoxy) is 1. The summed E-state index contributed by atoms with van der Waals surface area (Å²) < 4.78 is 5.80. The number of unbranched alkanes of at least 4 members (excludes halogenated alkanes) is 6. The smallest absolute Gasteiger partial charge is 0.236 e. The van der Waals surface area contributed by atoms with Crippen LogP contribution in [-0.2, 0) is 4.79 Å². The number of carbonyl (C=O) groups is 1. The normalized spacial score (nSPS) is 16.2. The maximum atomic E-state index is 11.1. The molecule has 1 heterocycles. The number of nitrogens with zero attached hydrogens (tertiary/aromatic N) is 2. The predicted octanol–water partition coefficient (Wildman–Crippen LogP) is 4.76. The van der Waals surface area contributed by atoms with Gasteiger partial charge in [0.1, 0.15) is 5.75 Å². The van der Waals surface area contributed by atoms with E-state index in [2.05, 4.69) is 22.4 Å². The van der Waals surface area contributed by atoms with Crippen LogP contribution in [0.3, 0.4) is 0 Å². The molecule has 142 valence electrons. The summed E-state index contributed by atoms with van der Waals surface area (Å²) in [7, 11) is 0. The van der Waals surface area contributed by atoms with E-state index in [1.807, 2.05) is 31.2 Å². The van der Waals surface area contributed by atoms with Crippen molar-refractivity contribution in [3.05, 3.63) is 29.8 Å². The minimum Gasteiger partial charge on any atom is -0.494 e. The van der Waals surface area contributed by atoms with Crippen LogP contribution in [0.2, 0.25) is 0 Å². The highest BCUT2D eigenvalue weighted by molar-refractivity contribution is 8.15. The Kier molecular flexibility index (Phi) is 9.24. The number of hydrogen-bond acceptors (Lipinski definition) is 5. The van der Waals surface area contributed by atoms with Gasteiger partial charge in [0, 0.05) is 0 Å². The van der Waals surface area contributed by atoms with Crippen molar-refractivity contribution in [3.8, 4) is 5.75 Å². The lowest BCUT2D eigenvalue weighted by atomic mass is 10.1. The summed E-state index contributed by atoms with van der Waals surface area (Å²) in [6, 6.07) is 7.91. The van der Waals surface area contributed by atoms with Gasteiger partial charge in [-0.15, -0.1) is 5.10 Å². The zero-order valence-corrected chi connectivity index (χ0v) is 16.6. The first-order chi connectivity index (χ1) is 12.7. The van der Waals surface area contributed by atoms with Gasteiger partial charge in [0.25, 0.3) is 0 Å². The van der Waals surface area contributed by atoms with Gasteiger partial charge in [0.05, 0.1) is 18.1 Å². The Labute approximate surface area is 160 Å². The molecule has 0 saturated carbocycles. The molecule has 2 rings (SSSR count). The third-order valence-electron chi connectivity index (χ3n) is 4.17. The first-order valence-electron chi connectivity index (χ1n) is 9.47. The maximum absolute atomic E-state index is 11.1. The van der Waals surface area contributed by atoms with E-state index >= 15 is 0 Å². The van der Waals surface area contributed by atoms with Crippen LogP contribution >= 0.6 is 11.8 Å². The van der Waals surface area contributed by atoms with Crippen LogP contribution in [0.25, 0.3) is 0 Å². The summed E-state index contributed by atoms with van der Waals surface area (Å²) in [4.78, 5) is 11.1. The number of nitrogens with one attached hydrogen (secondary N) is 1. The SMILES string of the molecule is CCCCCCCCCOc1ccc(C(C)=N/N=C2/NC(=O)CS2)cc1. The lowest BCUT2D eigenvalue weighted by Crippen LogP contribution is -2.19. The van der Waals surface area contributed by atoms with Crippen LogP contribution in [0, 0.1) is 0 Å². The van der Waals surface area contributed by atoms with Gasteiger partial charge in [0.2, 0.25) is 5.91 Å². The van der Waals surface area contributed by atoms with E-state index in [-0.39, 0.29) is 5.91 Å². The monoisotopic (exact) mass is 375 g/mol. The van der Waals surface area contributed by atoms with E-state index in [9.17, 15) is 4.79 Å².